The first-order chi connectivity index (χ1) is 12.7. The molecule has 0 N–H and O–H groups in total. The number of ether oxygens (including phenoxy) is 1. The number of aryl methyl sites for hydroxylation is 2. The van der Waals surface area contributed by atoms with Crippen LogP contribution >= 0.6 is 23.1 Å². The molecule has 6 nitrogen and oxygen atoms in total. The molecule has 0 radical (unpaired) electrons. The number of thioether (sulfide) groups is 1. The van der Waals surface area contributed by atoms with E-state index in [1.807, 2.05) is 34.9 Å². The molecule has 132 valence electrons. The molecule has 5 rings (SSSR count). The van der Waals surface area contributed by atoms with Crippen molar-refractivity contribution in [3.63, 3.8) is 0 Å². The van der Waals surface area contributed by atoms with Gasteiger partial charge in [0.15, 0.2) is 5.16 Å². The Morgan fingerprint density at radius 2 is 2.00 bits per heavy atom. The molecule has 4 aromatic rings. The number of aromatic nitrogens is 4. The minimum absolute atomic E-state index is 0.0166. The van der Waals surface area contributed by atoms with E-state index in [-0.39, 0.29) is 5.56 Å². The van der Waals surface area contributed by atoms with Crippen LogP contribution in [0.3, 0.4) is 0 Å². The normalized spacial score (nSPS) is 13.6. The maximum absolute atomic E-state index is 13.5. The average Bonchev–Trinajstić information content (AvgIpc) is 3.35. The average molecular weight is 384 g/mol. The fourth-order valence-electron chi connectivity index (χ4n) is 3.65. The van der Waals surface area contributed by atoms with Crippen molar-refractivity contribution in [2.24, 2.45) is 0 Å². The third-order valence-electron chi connectivity index (χ3n) is 4.85. The van der Waals surface area contributed by atoms with Crippen molar-refractivity contribution < 1.29 is 4.74 Å². The Labute approximate surface area is 157 Å². The van der Waals surface area contributed by atoms with Crippen LogP contribution in [0.2, 0.25) is 0 Å². The van der Waals surface area contributed by atoms with Crippen LogP contribution in [-0.4, -0.2) is 32.5 Å². The van der Waals surface area contributed by atoms with Gasteiger partial charge in [-0.15, -0.1) is 21.5 Å². The zero-order valence-electron chi connectivity index (χ0n) is 14.4. The van der Waals surface area contributed by atoms with Crippen LogP contribution < -0.4 is 10.3 Å². The zero-order chi connectivity index (χ0) is 17.8. The standard InChI is InChI=1S/C18H16N4O2S2/c1-24-11-8-6-10(7-9-11)21-15(23)14-12-4-3-5-13(12)26-16(14)22-17(21)19-20-18(22)25-2/h6-9H,3-5H2,1-2H3. The summed E-state index contributed by atoms with van der Waals surface area (Å²) in [7, 11) is 1.63. The summed E-state index contributed by atoms with van der Waals surface area (Å²) in [5.74, 6) is 1.30. The number of nitrogens with zero attached hydrogens (tertiary/aromatic N) is 4. The van der Waals surface area contributed by atoms with E-state index in [9.17, 15) is 4.79 Å². The lowest BCUT2D eigenvalue weighted by molar-refractivity contribution is 0.414. The van der Waals surface area contributed by atoms with Gasteiger partial charge in [-0.25, -0.2) is 8.97 Å². The molecular weight excluding hydrogens is 368 g/mol. The van der Waals surface area contributed by atoms with Gasteiger partial charge < -0.3 is 4.74 Å². The molecule has 0 saturated heterocycles. The number of hydrogen-bond donors (Lipinski definition) is 0. The molecule has 0 aliphatic heterocycles. The van der Waals surface area contributed by atoms with Crippen LogP contribution in [0.1, 0.15) is 16.9 Å². The second kappa shape index (κ2) is 5.85. The molecule has 0 atom stereocenters. The summed E-state index contributed by atoms with van der Waals surface area (Å²) in [5, 5.41) is 10.3. The highest BCUT2D eigenvalue weighted by Gasteiger charge is 2.26. The molecule has 1 aliphatic carbocycles. The van der Waals surface area contributed by atoms with Crippen molar-refractivity contribution in [1.82, 2.24) is 19.2 Å². The Bertz CT molecular complexity index is 1200. The van der Waals surface area contributed by atoms with Crippen LogP contribution in [0.25, 0.3) is 21.7 Å². The molecule has 1 aliphatic rings. The van der Waals surface area contributed by atoms with Gasteiger partial charge in [-0.2, -0.15) is 0 Å². The third-order valence-corrected chi connectivity index (χ3v) is 6.76. The minimum Gasteiger partial charge on any atom is -0.497 e. The van der Waals surface area contributed by atoms with Crippen LogP contribution in [-0.2, 0) is 12.8 Å². The predicted octanol–water partition coefficient (Wildman–Crippen LogP) is 3.31. The van der Waals surface area contributed by atoms with E-state index >= 15 is 0 Å². The summed E-state index contributed by atoms with van der Waals surface area (Å²) in [4.78, 5) is 15.8. The summed E-state index contributed by atoms with van der Waals surface area (Å²) in [6, 6.07) is 7.47. The Hall–Kier alpha value is -2.32. The lowest BCUT2D eigenvalue weighted by atomic mass is 10.2. The molecular formula is C18H16N4O2S2. The monoisotopic (exact) mass is 384 g/mol. The molecule has 0 fully saturated rings. The van der Waals surface area contributed by atoms with Gasteiger partial charge in [0.1, 0.15) is 10.6 Å². The van der Waals surface area contributed by atoms with Gasteiger partial charge in [0, 0.05) is 4.88 Å². The first-order valence-corrected chi connectivity index (χ1v) is 10.4. The van der Waals surface area contributed by atoms with E-state index in [4.69, 9.17) is 4.74 Å². The van der Waals surface area contributed by atoms with Crippen molar-refractivity contribution in [3.05, 3.63) is 45.1 Å². The third kappa shape index (κ3) is 2.09. The molecule has 8 heteroatoms. The SMILES string of the molecule is COc1ccc(-n2c(=O)c3c4c(sc3n3c(SC)nnc23)CCC4)cc1. The van der Waals surface area contributed by atoms with Crippen molar-refractivity contribution >= 4 is 39.1 Å². The highest BCUT2D eigenvalue weighted by atomic mass is 32.2. The molecule has 3 heterocycles. The van der Waals surface area contributed by atoms with Gasteiger partial charge in [0.2, 0.25) is 5.78 Å². The first-order valence-electron chi connectivity index (χ1n) is 8.35. The number of fused-ring (bicyclic) bond motifs is 5. The summed E-state index contributed by atoms with van der Waals surface area (Å²) in [5.41, 5.74) is 1.96. The topological polar surface area (TPSA) is 61.4 Å². The quantitative estimate of drug-likeness (QED) is 0.507. The van der Waals surface area contributed by atoms with Gasteiger partial charge in [-0.1, -0.05) is 11.8 Å². The minimum atomic E-state index is -0.0166. The van der Waals surface area contributed by atoms with E-state index < -0.39 is 0 Å². The number of rotatable bonds is 3. The Morgan fingerprint density at radius 3 is 2.73 bits per heavy atom. The van der Waals surface area contributed by atoms with E-state index in [2.05, 4.69) is 10.2 Å². The predicted molar refractivity (Wildman–Crippen MR) is 104 cm³/mol. The molecule has 3 aromatic heterocycles. The zero-order valence-corrected chi connectivity index (χ0v) is 16.0. The van der Waals surface area contributed by atoms with Crippen molar-refractivity contribution in [2.75, 3.05) is 13.4 Å². The molecule has 0 bridgehead atoms. The fourth-order valence-corrected chi connectivity index (χ4v) is 5.57. The first kappa shape index (κ1) is 15.9. The largest absolute Gasteiger partial charge is 0.497 e. The molecule has 0 amide bonds. The van der Waals surface area contributed by atoms with Crippen molar-refractivity contribution in [2.45, 2.75) is 24.4 Å². The van der Waals surface area contributed by atoms with Gasteiger partial charge in [-0.3, -0.25) is 4.79 Å². The Kier molecular flexibility index (Phi) is 3.58. The Morgan fingerprint density at radius 1 is 1.19 bits per heavy atom. The lowest BCUT2D eigenvalue weighted by Crippen LogP contribution is -2.21. The highest BCUT2D eigenvalue weighted by molar-refractivity contribution is 7.98. The molecule has 0 unspecified atom stereocenters. The molecule has 1 aromatic carbocycles. The van der Waals surface area contributed by atoms with Gasteiger partial charge in [-0.05, 0) is 55.3 Å². The van der Waals surface area contributed by atoms with E-state index in [1.54, 1.807) is 23.0 Å². The van der Waals surface area contributed by atoms with Gasteiger partial charge in [0.25, 0.3) is 5.56 Å². The summed E-state index contributed by atoms with van der Waals surface area (Å²) >= 11 is 3.25. The molecule has 26 heavy (non-hydrogen) atoms. The summed E-state index contributed by atoms with van der Waals surface area (Å²) in [6.45, 7) is 0. The second-order valence-corrected chi connectivity index (χ2v) is 8.06. The number of hydrogen-bond acceptors (Lipinski definition) is 6. The van der Waals surface area contributed by atoms with Crippen molar-refractivity contribution in [1.29, 1.82) is 0 Å². The Balaban J connectivity index is 1.93. The van der Waals surface area contributed by atoms with Crippen LogP contribution in [0, 0.1) is 0 Å². The number of benzene rings is 1. The molecule has 0 spiro atoms. The lowest BCUT2D eigenvalue weighted by Gasteiger charge is -2.10. The maximum Gasteiger partial charge on any atom is 0.268 e. The maximum atomic E-state index is 13.5. The smallest absolute Gasteiger partial charge is 0.268 e. The van der Waals surface area contributed by atoms with Crippen LogP contribution in [0.5, 0.6) is 5.75 Å². The number of methoxy groups -OCH3 is 1. The van der Waals surface area contributed by atoms with Gasteiger partial charge in [0.05, 0.1) is 18.2 Å². The fraction of sp³-hybridized carbons (Fsp3) is 0.278. The van der Waals surface area contributed by atoms with Crippen LogP contribution in [0.4, 0.5) is 0 Å². The van der Waals surface area contributed by atoms with Crippen molar-refractivity contribution in [3.8, 4) is 11.4 Å². The van der Waals surface area contributed by atoms with E-state index in [0.717, 1.165) is 46.1 Å². The van der Waals surface area contributed by atoms with E-state index in [1.165, 1.54) is 22.2 Å². The highest BCUT2D eigenvalue weighted by Crippen LogP contribution is 2.37. The number of thiophene rings is 1. The van der Waals surface area contributed by atoms with Gasteiger partial charge >= 0.3 is 0 Å². The molecule has 0 saturated carbocycles. The van der Waals surface area contributed by atoms with E-state index in [0.29, 0.717) is 5.78 Å². The second-order valence-electron chi connectivity index (χ2n) is 6.20. The summed E-state index contributed by atoms with van der Waals surface area (Å²) in [6.07, 6.45) is 5.12. The summed E-state index contributed by atoms with van der Waals surface area (Å²) < 4.78 is 8.93. The van der Waals surface area contributed by atoms with Crippen LogP contribution in [0.15, 0.2) is 34.2 Å².